The summed E-state index contributed by atoms with van der Waals surface area (Å²) in [6, 6.07) is 3.74. The van der Waals surface area contributed by atoms with Gasteiger partial charge in [0.15, 0.2) is 0 Å². The zero-order valence-electron chi connectivity index (χ0n) is 13.2. The molecule has 5 heteroatoms. The molecule has 1 aromatic rings. The van der Waals surface area contributed by atoms with Crippen molar-refractivity contribution < 1.29 is 9.18 Å². The number of hydrogen-bond donors (Lipinski definition) is 1. The van der Waals surface area contributed by atoms with Gasteiger partial charge in [0, 0.05) is 6.20 Å². The fourth-order valence-corrected chi connectivity index (χ4v) is 2.62. The standard InChI is InChI=1S/C18H20FN3O/c1-3-17(23)22-16-10-14(15(11-20)12-21-16)5-4-13-6-8-18(2,19)9-7-13/h3-5,10,12-13H,1,6-9H2,2H3,(H,21,22,23)/b5-4+. The Morgan fingerprint density at radius 2 is 2.26 bits per heavy atom. The third-order valence-corrected chi connectivity index (χ3v) is 4.11. The van der Waals surface area contributed by atoms with Crippen LogP contribution in [0, 0.1) is 17.2 Å². The van der Waals surface area contributed by atoms with Gasteiger partial charge in [-0.1, -0.05) is 18.7 Å². The average Bonchev–Trinajstić information content (AvgIpc) is 2.54. The molecular formula is C18H20FN3O. The summed E-state index contributed by atoms with van der Waals surface area (Å²) in [4.78, 5) is 15.4. The number of pyridine rings is 1. The molecular weight excluding hydrogens is 293 g/mol. The van der Waals surface area contributed by atoms with Crippen LogP contribution in [0.2, 0.25) is 0 Å². The summed E-state index contributed by atoms with van der Waals surface area (Å²) >= 11 is 0. The summed E-state index contributed by atoms with van der Waals surface area (Å²) in [5, 5.41) is 11.7. The number of alkyl halides is 1. The van der Waals surface area contributed by atoms with Crippen LogP contribution in [-0.4, -0.2) is 16.6 Å². The SMILES string of the molecule is C=CC(=O)Nc1cc(/C=C/C2CCC(C)(F)CC2)c(C#N)cn1. The van der Waals surface area contributed by atoms with Crippen LogP contribution in [-0.2, 0) is 4.79 Å². The average molecular weight is 313 g/mol. The highest BCUT2D eigenvalue weighted by atomic mass is 19.1. The molecule has 1 amide bonds. The van der Waals surface area contributed by atoms with Crippen molar-refractivity contribution in [1.29, 1.82) is 5.26 Å². The molecule has 1 N–H and O–H groups in total. The molecule has 1 heterocycles. The van der Waals surface area contributed by atoms with Gasteiger partial charge in [-0.3, -0.25) is 4.79 Å². The van der Waals surface area contributed by atoms with Crippen LogP contribution >= 0.6 is 0 Å². The van der Waals surface area contributed by atoms with E-state index in [0.717, 1.165) is 18.9 Å². The molecule has 4 nitrogen and oxygen atoms in total. The Labute approximate surface area is 135 Å². The number of rotatable bonds is 4. The molecule has 0 spiro atoms. The van der Waals surface area contributed by atoms with Crippen molar-refractivity contribution in [3.8, 4) is 6.07 Å². The minimum absolute atomic E-state index is 0.310. The lowest BCUT2D eigenvalue weighted by molar-refractivity contribution is -0.111. The van der Waals surface area contributed by atoms with Gasteiger partial charge in [0.1, 0.15) is 17.6 Å². The van der Waals surface area contributed by atoms with E-state index in [2.05, 4.69) is 22.9 Å². The molecule has 0 atom stereocenters. The topological polar surface area (TPSA) is 65.8 Å². The van der Waals surface area contributed by atoms with Gasteiger partial charge in [0.05, 0.1) is 5.56 Å². The number of allylic oxidation sites excluding steroid dienone is 1. The molecule has 1 fully saturated rings. The highest BCUT2D eigenvalue weighted by Gasteiger charge is 2.29. The van der Waals surface area contributed by atoms with Gasteiger partial charge in [-0.2, -0.15) is 5.26 Å². The molecule has 0 radical (unpaired) electrons. The molecule has 1 aromatic heterocycles. The van der Waals surface area contributed by atoms with Gasteiger partial charge in [0.25, 0.3) is 0 Å². The molecule has 1 aliphatic rings. The van der Waals surface area contributed by atoms with Gasteiger partial charge >= 0.3 is 0 Å². The van der Waals surface area contributed by atoms with Crippen LogP contribution in [0.3, 0.4) is 0 Å². The smallest absolute Gasteiger partial charge is 0.248 e. The molecule has 0 aliphatic heterocycles. The first-order valence-electron chi connectivity index (χ1n) is 7.64. The summed E-state index contributed by atoms with van der Waals surface area (Å²) in [7, 11) is 0. The number of nitrogens with one attached hydrogen (secondary N) is 1. The normalized spacial score (nSPS) is 24.1. The fraction of sp³-hybridized carbons (Fsp3) is 0.389. The molecule has 2 rings (SSSR count). The molecule has 0 aromatic carbocycles. The minimum Gasteiger partial charge on any atom is -0.307 e. The van der Waals surface area contributed by atoms with Crippen molar-refractivity contribution in [2.45, 2.75) is 38.3 Å². The van der Waals surface area contributed by atoms with Crippen molar-refractivity contribution in [2.24, 2.45) is 5.92 Å². The zero-order valence-corrected chi connectivity index (χ0v) is 13.2. The van der Waals surface area contributed by atoms with Crippen LogP contribution in [0.4, 0.5) is 10.2 Å². The summed E-state index contributed by atoms with van der Waals surface area (Å²) < 4.78 is 13.8. The van der Waals surface area contributed by atoms with E-state index in [1.165, 1.54) is 6.20 Å². The highest BCUT2D eigenvalue weighted by Crippen LogP contribution is 2.35. The molecule has 0 unspecified atom stereocenters. The van der Waals surface area contributed by atoms with Crippen molar-refractivity contribution in [1.82, 2.24) is 4.98 Å². The minimum atomic E-state index is -1.05. The van der Waals surface area contributed by atoms with Crippen molar-refractivity contribution >= 4 is 17.8 Å². The predicted molar refractivity (Wildman–Crippen MR) is 88.3 cm³/mol. The van der Waals surface area contributed by atoms with Crippen molar-refractivity contribution in [3.63, 3.8) is 0 Å². The molecule has 1 aliphatic carbocycles. The quantitative estimate of drug-likeness (QED) is 0.854. The number of nitriles is 1. The van der Waals surface area contributed by atoms with Crippen LogP contribution in [0.1, 0.15) is 43.7 Å². The van der Waals surface area contributed by atoms with Gasteiger partial charge in [-0.05, 0) is 56.2 Å². The van der Waals surface area contributed by atoms with E-state index in [-0.39, 0.29) is 5.91 Å². The second-order valence-corrected chi connectivity index (χ2v) is 6.07. The van der Waals surface area contributed by atoms with E-state index >= 15 is 0 Å². The first-order chi connectivity index (χ1) is 10.9. The molecule has 23 heavy (non-hydrogen) atoms. The Bertz CT molecular complexity index is 663. The van der Waals surface area contributed by atoms with Gasteiger partial charge in [0.2, 0.25) is 5.91 Å². The summed E-state index contributed by atoms with van der Waals surface area (Å²) in [5.74, 6) is 0.324. The Morgan fingerprint density at radius 3 is 2.87 bits per heavy atom. The lowest BCUT2D eigenvalue weighted by Gasteiger charge is -2.29. The first kappa shape index (κ1) is 16.9. The number of carbonyl (C=O) groups excluding carboxylic acids is 1. The van der Waals surface area contributed by atoms with Crippen LogP contribution in [0.5, 0.6) is 0 Å². The number of carbonyl (C=O) groups is 1. The first-order valence-corrected chi connectivity index (χ1v) is 7.64. The number of amides is 1. The van der Waals surface area contributed by atoms with Gasteiger partial charge in [-0.25, -0.2) is 9.37 Å². The summed E-state index contributed by atoms with van der Waals surface area (Å²) in [5.41, 5.74) is 0.0699. The maximum absolute atomic E-state index is 13.8. The van der Waals surface area contributed by atoms with E-state index in [0.29, 0.717) is 35.7 Å². The highest BCUT2D eigenvalue weighted by molar-refractivity contribution is 5.98. The monoisotopic (exact) mass is 313 g/mol. The van der Waals surface area contributed by atoms with E-state index < -0.39 is 5.67 Å². The second kappa shape index (κ2) is 7.19. The summed E-state index contributed by atoms with van der Waals surface area (Å²) in [6.07, 6.45) is 9.18. The number of nitrogens with zero attached hydrogens (tertiary/aromatic N) is 2. The van der Waals surface area contributed by atoms with Crippen LogP contribution in [0.25, 0.3) is 6.08 Å². The van der Waals surface area contributed by atoms with E-state index in [9.17, 15) is 9.18 Å². The number of hydrogen-bond acceptors (Lipinski definition) is 3. The Kier molecular flexibility index (Phi) is 5.28. The lowest BCUT2D eigenvalue weighted by atomic mass is 9.81. The van der Waals surface area contributed by atoms with Crippen LogP contribution in [0.15, 0.2) is 31.0 Å². The Morgan fingerprint density at radius 1 is 1.57 bits per heavy atom. The van der Waals surface area contributed by atoms with Crippen molar-refractivity contribution in [2.75, 3.05) is 5.32 Å². The number of anilines is 1. The second-order valence-electron chi connectivity index (χ2n) is 6.07. The largest absolute Gasteiger partial charge is 0.307 e. The number of halogens is 1. The third-order valence-electron chi connectivity index (χ3n) is 4.11. The Hall–Kier alpha value is -2.48. The Balaban J connectivity index is 2.13. The fourth-order valence-electron chi connectivity index (χ4n) is 2.62. The molecule has 1 saturated carbocycles. The lowest BCUT2D eigenvalue weighted by Crippen LogP contribution is -2.25. The van der Waals surface area contributed by atoms with Crippen LogP contribution < -0.4 is 5.32 Å². The number of aromatic nitrogens is 1. The zero-order chi connectivity index (χ0) is 16.9. The predicted octanol–water partition coefficient (Wildman–Crippen LogP) is 4.01. The molecule has 0 saturated heterocycles. The maximum Gasteiger partial charge on any atom is 0.248 e. The van der Waals surface area contributed by atoms with Gasteiger partial charge in [-0.15, -0.1) is 0 Å². The van der Waals surface area contributed by atoms with E-state index in [1.54, 1.807) is 13.0 Å². The molecule has 120 valence electrons. The molecule has 0 bridgehead atoms. The van der Waals surface area contributed by atoms with Gasteiger partial charge < -0.3 is 5.32 Å². The van der Waals surface area contributed by atoms with Crippen molar-refractivity contribution in [3.05, 3.63) is 42.1 Å². The summed E-state index contributed by atoms with van der Waals surface area (Å²) in [6.45, 7) is 5.04. The van der Waals surface area contributed by atoms with E-state index in [1.807, 2.05) is 12.2 Å². The maximum atomic E-state index is 13.8. The third kappa shape index (κ3) is 4.75. The van der Waals surface area contributed by atoms with E-state index in [4.69, 9.17) is 5.26 Å².